The van der Waals surface area contributed by atoms with Gasteiger partial charge < -0.3 is 4.90 Å². The molecule has 1 atom stereocenters. The number of para-hydroxylation sites is 2. The predicted molar refractivity (Wildman–Crippen MR) is 134 cm³/mol. The van der Waals surface area contributed by atoms with Crippen LogP contribution in [0.2, 0.25) is 0 Å². The van der Waals surface area contributed by atoms with Crippen molar-refractivity contribution in [1.82, 2.24) is 9.88 Å². The number of amides is 1. The number of rotatable bonds is 4. The normalized spacial score (nSPS) is 17.9. The molecule has 1 unspecified atom stereocenters. The molecule has 6 rings (SSSR count). The molecule has 4 aromatic rings. The molecule has 0 spiro atoms. The van der Waals surface area contributed by atoms with Crippen LogP contribution in [0, 0.1) is 0 Å². The quantitative estimate of drug-likeness (QED) is 0.403. The Morgan fingerprint density at radius 3 is 2.68 bits per heavy atom. The Balaban J connectivity index is 1.30. The monoisotopic (exact) mass is 489 g/mol. The average molecular weight is 490 g/mol. The molecule has 0 N–H and O–H groups in total. The number of fused-ring (bicyclic) bond motifs is 2. The summed E-state index contributed by atoms with van der Waals surface area (Å²) in [5, 5.41) is 0.935. The Kier molecular flexibility index (Phi) is 5.15. The molecule has 0 aliphatic carbocycles. The third-order valence-corrected chi connectivity index (χ3v) is 9.57. The van der Waals surface area contributed by atoms with Crippen molar-refractivity contribution in [2.75, 3.05) is 17.4 Å². The Morgan fingerprint density at radius 2 is 1.79 bits per heavy atom. The minimum absolute atomic E-state index is 0.0874. The average Bonchev–Trinajstić information content (AvgIpc) is 3.61. The van der Waals surface area contributed by atoms with E-state index >= 15 is 0 Å². The van der Waals surface area contributed by atoms with Crippen LogP contribution in [0.1, 0.15) is 39.8 Å². The number of nitrogens with zero attached hydrogens (tertiary/aromatic N) is 3. The van der Waals surface area contributed by atoms with Crippen molar-refractivity contribution in [3.63, 3.8) is 0 Å². The van der Waals surface area contributed by atoms with E-state index in [0.29, 0.717) is 25.1 Å². The summed E-state index contributed by atoms with van der Waals surface area (Å²) < 4.78 is 29.5. The highest BCUT2D eigenvalue weighted by molar-refractivity contribution is 7.92. The Bertz CT molecular complexity index is 1480. The number of carbonyl (C=O) groups excluding carboxylic acids is 1. The van der Waals surface area contributed by atoms with Crippen LogP contribution in [-0.4, -0.2) is 37.3 Å². The first kappa shape index (κ1) is 21.3. The number of anilines is 1. The Hall–Kier alpha value is -3.23. The van der Waals surface area contributed by atoms with E-state index in [4.69, 9.17) is 4.98 Å². The van der Waals surface area contributed by atoms with Crippen LogP contribution in [0.15, 0.2) is 77.7 Å². The number of carbonyl (C=O) groups is 1. The van der Waals surface area contributed by atoms with Crippen molar-refractivity contribution in [3.8, 4) is 0 Å². The highest BCUT2D eigenvalue weighted by Crippen LogP contribution is 2.38. The zero-order valence-corrected chi connectivity index (χ0v) is 20.1. The summed E-state index contributed by atoms with van der Waals surface area (Å²) in [4.78, 5) is 20.3. The van der Waals surface area contributed by atoms with Crippen LogP contribution in [0.25, 0.3) is 10.2 Å². The fourth-order valence-corrected chi connectivity index (χ4v) is 7.60. The Labute approximate surface area is 202 Å². The molecule has 2 aliphatic rings. The van der Waals surface area contributed by atoms with E-state index in [1.54, 1.807) is 29.5 Å². The Morgan fingerprint density at radius 1 is 0.971 bits per heavy atom. The van der Waals surface area contributed by atoms with Crippen molar-refractivity contribution < 1.29 is 13.2 Å². The maximum absolute atomic E-state index is 13.5. The molecule has 1 amide bonds. The van der Waals surface area contributed by atoms with Gasteiger partial charge in [-0.3, -0.25) is 9.10 Å². The molecule has 1 aromatic heterocycles. The number of hydrogen-bond acceptors (Lipinski definition) is 5. The van der Waals surface area contributed by atoms with E-state index in [1.807, 2.05) is 53.4 Å². The topological polar surface area (TPSA) is 70.6 Å². The van der Waals surface area contributed by atoms with Gasteiger partial charge in [-0.1, -0.05) is 36.4 Å². The maximum atomic E-state index is 13.5. The first-order valence-corrected chi connectivity index (χ1v) is 13.7. The van der Waals surface area contributed by atoms with Gasteiger partial charge in [0.05, 0.1) is 26.8 Å². The molecule has 172 valence electrons. The molecule has 3 aromatic carbocycles. The van der Waals surface area contributed by atoms with E-state index < -0.39 is 10.0 Å². The number of aromatic nitrogens is 1. The fraction of sp³-hybridized carbons (Fsp3) is 0.231. The van der Waals surface area contributed by atoms with Gasteiger partial charge in [-0.15, -0.1) is 11.3 Å². The summed E-state index contributed by atoms with van der Waals surface area (Å²) in [5.41, 5.74) is 3.08. The third kappa shape index (κ3) is 3.49. The predicted octanol–water partition coefficient (Wildman–Crippen LogP) is 5.03. The highest BCUT2D eigenvalue weighted by atomic mass is 32.2. The number of likely N-dealkylation sites (tertiary alicyclic amines) is 1. The molecular weight excluding hydrogens is 466 g/mol. The minimum Gasteiger partial charge on any atom is -0.329 e. The first-order chi connectivity index (χ1) is 16.5. The highest BCUT2D eigenvalue weighted by Gasteiger charge is 2.34. The van der Waals surface area contributed by atoms with Crippen molar-refractivity contribution >= 4 is 43.2 Å². The van der Waals surface area contributed by atoms with Crippen LogP contribution >= 0.6 is 11.3 Å². The molecule has 3 heterocycles. The van der Waals surface area contributed by atoms with Gasteiger partial charge >= 0.3 is 0 Å². The largest absolute Gasteiger partial charge is 0.329 e. The lowest BCUT2D eigenvalue weighted by molar-refractivity contribution is 0.0735. The van der Waals surface area contributed by atoms with Gasteiger partial charge in [0.15, 0.2) is 0 Å². The van der Waals surface area contributed by atoms with Gasteiger partial charge in [0, 0.05) is 18.7 Å². The molecule has 0 radical (unpaired) electrons. The van der Waals surface area contributed by atoms with E-state index in [1.165, 1.54) is 10.4 Å². The number of sulfonamides is 1. The van der Waals surface area contributed by atoms with Crippen molar-refractivity contribution in [2.45, 2.75) is 30.2 Å². The molecule has 0 saturated carbocycles. The summed E-state index contributed by atoms with van der Waals surface area (Å²) >= 11 is 1.62. The van der Waals surface area contributed by atoms with Crippen molar-refractivity contribution in [2.24, 2.45) is 0 Å². The molecule has 34 heavy (non-hydrogen) atoms. The van der Waals surface area contributed by atoms with Crippen molar-refractivity contribution in [1.29, 1.82) is 0 Å². The first-order valence-electron chi connectivity index (χ1n) is 11.4. The van der Waals surface area contributed by atoms with Crippen LogP contribution in [0.5, 0.6) is 0 Å². The third-order valence-electron chi connectivity index (χ3n) is 6.62. The molecule has 1 saturated heterocycles. The SMILES string of the molecule is O=C(c1cccc(S(=O)(=O)N2CCc3ccccc32)c1)N1CCCC1c1nc2ccccc2s1. The lowest BCUT2D eigenvalue weighted by Gasteiger charge is -2.24. The van der Waals surface area contributed by atoms with Crippen LogP contribution in [0.4, 0.5) is 5.69 Å². The van der Waals surface area contributed by atoms with E-state index in [9.17, 15) is 13.2 Å². The van der Waals surface area contributed by atoms with Crippen LogP contribution < -0.4 is 4.31 Å². The lowest BCUT2D eigenvalue weighted by atomic mass is 10.1. The van der Waals surface area contributed by atoms with E-state index in [-0.39, 0.29) is 16.8 Å². The van der Waals surface area contributed by atoms with Gasteiger partial charge in [0.1, 0.15) is 5.01 Å². The number of hydrogen-bond donors (Lipinski definition) is 0. The zero-order valence-electron chi connectivity index (χ0n) is 18.4. The molecule has 6 nitrogen and oxygen atoms in total. The second-order valence-corrected chi connectivity index (χ2v) is 11.6. The fourth-order valence-electron chi connectivity index (χ4n) is 4.94. The van der Waals surface area contributed by atoms with Gasteiger partial charge in [-0.2, -0.15) is 0 Å². The van der Waals surface area contributed by atoms with Gasteiger partial charge in [0.25, 0.3) is 15.9 Å². The molecular formula is C26H23N3O3S2. The second-order valence-electron chi connectivity index (χ2n) is 8.66. The molecule has 1 fully saturated rings. The molecule has 0 bridgehead atoms. The maximum Gasteiger partial charge on any atom is 0.264 e. The van der Waals surface area contributed by atoms with Crippen LogP contribution in [-0.2, 0) is 16.4 Å². The van der Waals surface area contributed by atoms with Crippen LogP contribution in [0.3, 0.4) is 0 Å². The lowest BCUT2D eigenvalue weighted by Crippen LogP contribution is -2.31. The smallest absolute Gasteiger partial charge is 0.264 e. The summed E-state index contributed by atoms with van der Waals surface area (Å²) in [7, 11) is -3.76. The summed E-state index contributed by atoms with van der Waals surface area (Å²) in [5.74, 6) is -0.152. The minimum atomic E-state index is -3.76. The van der Waals surface area contributed by atoms with Gasteiger partial charge in [-0.25, -0.2) is 13.4 Å². The van der Waals surface area contributed by atoms with E-state index in [0.717, 1.165) is 39.3 Å². The molecule has 2 aliphatic heterocycles. The summed E-state index contributed by atoms with van der Waals surface area (Å²) in [6.45, 7) is 1.04. The van der Waals surface area contributed by atoms with Gasteiger partial charge in [0.2, 0.25) is 0 Å². The number of thiazole rings is 1. The summed E-state index contributed by atoms with van der Waals surface area (Å²) in [6.07, 6.45) is 2.44. The number of benzene rings is 3. The second kappa shape index (κ2) is 8.21. The van der Waals surface area contributed by atoms with Gasteiger partial charge in [-0.05, 0) is 61.2 Å². The standard InChI is InChI=1S/C26H23N3O3S2/c30-26(28-15-6-12-23(28)25-27-21-10-2-4-13-24(21)33-25)19-8-5-9-20(17-19)34(31,32)29-16-14-18-7-1-3-11-22(18)29/h1-5,7-11,13,17,23H,6,12,14-16H2. The molecule has 8 heteroatoms. The zero-order chi connectivity index (χ0) is 23.3. The van der Waals surface area contributed by atoms with Crippen molar-refractivity contribution in [3.05, 3.63) is 88.9 Å². The summed E-state index contributed by atoms with van der Waals surface area (Å²) in [6, 6.07) is 21.9. The van der Waals surface area contributed by atoms with E-state index in [2.05, 4.69) is 0 Å².